The highest BCUT2D eigenvalue weighted by molar-refractivity contribution is 9.10. The van der Waals surface area contributed by atoms with E-state index in [4.69, 9.17) is 0 Å². The van der Waals surface area contributed by atoms with Crippen LogP contribution < -0.4 is 4.90 Å². The number of nitrogens with zero attached hydrogens (tertiary/aromatic N) is 1. The number of amides is 1. The van der Waals surface area contributed by atoms with Crippen molar-refractivity contribution < 1.29 is 15.0 Å². The SMILES string of the molecule is C[C@H](CCC(=O)N1CCc2cc(Br)ccc21)[C@H]1CC[C@H]2[C@@H]3[C@@H](O)C[C@@H]4C[C@H](O)CC[C@]4(C)[C@H]3CC[C@]12C. The van der Waals surface area contributed by atoms with E-state index in [1.807, 2.05) is 11.0 Å². The van der Waals surface area contributed by atoms with Crippen LogP contribution in [0.5, 0.6) is 0 Å². The summed E-state index contributed by atoms with van der Waals surface area (Å²) in [5, 5.41) is 21.8. The number of benzene rings is 1. The number of halogens is 1. The van der Waals surface area contributed by atoms with Gasteiger partial charge in [0.1, 0.15) is 0 Å². The lowest BCUT2D eigenvalue weighted by Crippen LogP contribution is -2.58. The molecule has 0 aromatic heterocycles. The summed E-state index contributed by atoms with van der Waals surface area (Å²) < 4.78 is 1.08. The van der Waals surface area contributed by atoms with Gasteiger partial charge in [-0.15, -0.1) is 0 Å². The Balaban J connectivity index is 1.13. The van der Waals surface area contributed by atoms with Gasteiger partial charge in [0.15, 0.2) is 0 Å². The van der Waals surface area contributed by atoms with Gasteiger partial charge in [-0.05, 0) is 134 Å². The van der Waals surface area contributed by atoms with Gasteiger partial charge in [0.25, 0.3) is 0 Å². The number of fused-ring (bicyclic) bond motifs is 6. The van der Waals surface area contributed by atoms with Gasteiger partial charge >= 0.3 is 0 Å². The molecule has 1 aromatic rings. The topological polar surface area (TPSA) is 60.8 Å². The Morgan fingerprint density at radius 3 is 2.65 bits per heavy atom. The third-order valence-electron chi connectivity index (χ3n) is 12.5. The molecule has 5 heteroatoms. The molecule has 4 fully saturated rings. The standard InChI is InChI=1S/C32H46BrNO3/c1-19(4-9-29(37)34-15-12-20-16-22(33)5-8-27(20)34)24-6-7-25-30-26(11-14-32(24,25)3)31(2)13-10-23(35)17-21(31)18-28(30)36/h5,8,16,19,21,23-26,28,30,35-36H,4,6-7,9-15,17-18H2,1-3H3/t19-,21+,23-,24-,25+,26+,28+,30+,31+,32-/m1/s1. The highest BCUT2D eigenvalue weighted by Crippen LogP contribution is 2.68. The molecule has 1 heterocycles. The number of hydrogen-bond acceptors (Lipinski definition) is 3. The highest BCUT2D eigenvalue weighted by Gasteiger charge is 2.62. The molecule has 0 spiro atoms. The first-order chi connectivity index (χ1) is 17.6. The smallest absolute Gasteiger partial charge is 0.227 e. The minimum absolute atomic E-state index is 0.175. The summed E-state index contributed by atoms with van der Waals surface area (Å²) in [5.74, 6) is 3.51. The van der Waals surface area contributed by atoms with Crippen molar-refractivity contribution in [2.75, 3.05) is 11.4 Å². The molecule has 2 N–H and O–H groups in total. The zero-order chi connectivity index (χ0) is 26.1. The Hall–Kier alpha value is -0.910. The fourth-order valence-electron chi connectivity index (χ4n) is 10.5. The summed E-state index contributed by atoms with van der Waals surface area (Å²) in [6.45, 7) is 8.22. The van der Waals surface area contributed by atoms with Gasteiger partial charge in [-0.25, -0.2) is 0 Å². The molecule has 4 saturated carbocycles. The molecule has 0 unspecified atom stereocenters. The normalized spacial score (nSPS) is 43.5. The second-order valence-corrected chi connectivity index (χ2v) is 15.0. The summed E-state index contributed by atoms with van der Waals surface area (Å²) in [6, 6.07) is 6.28. The van der Waals surface area contributed by atoms with E-state index >= 15 is 0 Å². The number of rotatable bonds is 4. The van der Waals surface area contributed by atoms with E-state index in [1.165, 1.54) is 31.2 Å². The van der Waals surface area contributed by atoms with Crippen LogP contribution in [0.15, 0.2) is 22.7 Å². The Morgan fingerprint density at radius 1 is 1.08 bits per heavy atom. The fraction of sp³-hybridized carbons (Fsp3) is 0.781. The van der Waals surface area contributed by atoms with Gasteiger partial charge in [-0.1, -0.05) is 36.7 Å². The molecule has 1 aromatic carbocycles. The predicted molar refractivity (Wildman–Crippen MR) is 151 cm³/mol. The summed E-state index contributed by atoms with van der Waals surface area (Å²) in [7, 11) is 0. The van der Waals surface area contributed by atoms with Crippen LogP contribution in [0, 0.1) is 46.3 Å². The number of aliphatic hydroxyl groups is 2. The third kappa shape index (κ3) is 4.25. The van der Waals surface area contributed by atoms with Crippen molar-refractivity contribution in [3.63, 3.8) is 0 Å². The first-order valence-corrected chi connectivity index (χ1v) is 15.9. The largest absolute Gasteiger partial charge is 0.393 e. The van der Waals surface area contributed by atoms with Crippen molar-refractivity contribution in [2.24, 2.45) is 46.3 Å². The Morgan fingerprint density at radius 2 is 1.84 bits per heavy atom. The van der Waals surface area contributed by atoms with Gasteiger partial charge in [-0.2, -0.15) is 0 Å². The predicted octanol–water partition coefficient (Wildman–Crippen LogP) is 6.75. The first-order valence-electron chi connectivity index (χ1n) is 15.1. The van der Waals surface area contributed by atoms with E-state index in [2.05, 4.69) is 48.8 Å². The van der Waals surface area contributed by atoms with Crippen LogP contribution in [-0.2, 0) is 11.2 Å². The van der Waals surface area contributed by atoms with E-state index in [1.54, 1.807) is 0 Å². The molecule has 1 aliphatic heterocycles. The Bertz CT molecular complexity index is 1040. The zero-order valence-corrected chi connectivity index (χ0v) is 24.5. The van der Waals surface area contributed by atoms with Crippen molar-refractivity contribution in [1.82, 2.24) is 0 Å². The minimum Gasteiger partial charge on any atom is -0.393 e. The third-order valence-corrected chi connectivity index (χ3v) is 13.0. The van der Waals surface area contributed by atoms with Gasteiger partial charge < -0.3 is 15.1 Å². The van der Waals surface area contributed by atoms with E-state index in [-0.39, 0.29) is 28.9 Å². The molecule has 10 atom stereocenters. The van der Waals surface area contributed by atoms with Crippen molar-refractivity contribution in [2.45, 2.75) is 104 Å². The monoisotopic (exact) mass is 571 g/mol. The summed E-state index contributed by atoms with van der Waals surface area (Å²) >= 11 is 3.56. The van der Waals surface area contributed by atoms with Crippen molar-refractivity contribution in [3.8, 4) is 0 Å². The maximum atomic E-state index is 13.3. The number of carbonyl (C=O) groups is 1. The van der Waals surface area contributed by atoms with Gasteiger partial charge in [0.05, 0.1) is 12.2 Å². The molecule has 204 valence electrons. The fourth-order valence-corrected chi connectivity index (χ4v) is 10.9. The van der Waals surface area contributed by atoms with E-state index in [0.717, 1.165) is 55.2 Å². The van der Waals surface area contributed by atoms with Crippen molar-refractivity contribution >= 4 is 27.5 Å². The molecule has 6 rings (SSSR count). The lowest BCUT2D eigenvalue weighted by Gasteiger charge is -2.62. The molecular formula is C32H46BrNO3. The van der Waals surface area contributed by atoms with Crippen LogP contribution in [0.3, 0.4) is 0 Å². The van der Waals surface area contributed by atoms with Gasteiger partial charge in [-0.3, -0.25) is 4.79 Å². The maximum absolute atomic E-state index is 13.3. The van der Waals surface area contributed by atoms with E-state index in [9.17, 15) is 15.0 Å². The molecule has 0 radical (unpaired) electrons. The van der Waals surface area contributed by atoms with Crippen molar-refractivity contribution in [1.29, 1.82) is 0 Å². The van der Waals surface area contributed by atoms with Gasteiger partial charge in [0.2, 0.25) is 5.91 Å². The van der Waals surface area contributed by atoms with Crippen LogP contribution in [0.2, 0.25) is 0 Å². The van der Waals surface area contributed by atoms with Crippen LogP contribution in [0.4, 0.5) is 5.69 Å². The van der Waals surface area contributed by atoms with Gasteiger partial charge in [0, 0.05) is 23.1 Å². The highest BCUT2D eigenvalue weighted by atomic mass is 79.9. The van der Waals surface area contributed by atoms with Crippen LogP contribution in [0.25, 0.3) is 0 Å². The second kappa shape index (κ2) is 9.63. The average molecular weight is 573 g/mol. The van der Waals surface area contributed by atoms with E-state index < -0.39 is 0 Å². The second-order valence-electron chi connectivity index (χ2n) is 14.0. The quantitative estimate of drug-likeness (QED) is 0.420. The molecule has 1 amide bonds. The zero-order valence-electron chi connectivity index (χ0n) is 23.0. The summed E-state index contributed by atoms with van der Waals surface area (Å²) in [5.41, 5.74) is 2.92. The molecule has 0 saturated heterocycles. The number of aliphatic hydroxyl groups excluding tert-OH is 2. The lowest BCUT2D eigenvalue weighted by atomic mass is 9.43. The number of carbonyl (C=O) groups excluding carboxylic acids is 1. The first kappa shape index (κ1) is 26.3. The molecule has 0 bridgehead atoms. The van der Waals surface area contributed by atoms with Crippen LogP contribution in [-0.4, -0.2) is 34.9 Å². The molecule has 37 heavy (non-hydrogen) atoms. The van der Waals surface area contributed by atoms with Crippen LogP contribution in [0.1, 0.15) is 90.5 Å². The lowest BCUT2D eigenvalue weighted by molar-refractivity contribution is -0.174. The Kier molecular flexibility index (Phi) is 6.85. The minimum atomic E-state index is -0.219. The summed E-state index contributed by atoms with van der Waals surface area (Å²) in [4.78, 5) is 15.3. The molecule has 4 aliphatic carbocycles. The molecule has 5 aliphatic rings. The maximum Gasteiger partial charge on any atom is 0.227 e. The summed E-state index contributed by atoms with van der Waals surface area (Å²) in [6.07, 6.45) is 10.9. The van der Waals surface area contributed by atoms with Crippen LogP contribution >= 0.6 is 15.9 Å². The average Bonchev–Trinajstić information content (AvgIpc) is 3.44. The molecule has 4 nitrogen and oxygen atoms in total. The Labute approximate surface area is 231 Å². The molecular weight excluding hydrogens is 526 g/mol. The number of anilines is 1. The number of hydrogen-bond donors (Lipinski definition) is 2. The van der Waals surface area contributed by atoms with E-state index in [0.29, 0.717) is 41.9 Å². The van der Waals surface area contributed by atoms with Crippen molar-refractivity contribution in [3.05, 3.63) is 28.2 Å².